The molecule has 0 unspecified atom stereocenters. The smallest absolute Gasteiger partial charge is 0.247 e. The van der Waals surface area contributed by atoms with Crippen molar-refractivity contribution in [1.29, 1.82) is 5.26 Å². The second kappa shape index (κ2) is 10.0. The normalized spacial score (nSPS) is 20.9. The van der Waals surface area contributed by atoms with Crippen molar-refractivity contribution in [2.45, 2.75) is 36.3 Å². The van der Waals surface area contributed by atoms with Gasteiger partial charge in [0.1, 0.15) is 12.1 Å². The Balaban J connectivity index is 1.66. The molecule has 2 aliphatic heterocycles. The number of primary amides is 1. The van der Waals surface area contributed by atoms with Crippen LogP contribution in [0.5, 0.6) is 0 Å². The van der Waals surface area contributed by atoms with E-state index in [1.165, 1.54) is 4.31 Å². The van der Waals surface area contributed by atoms with Crippen LogP contribution in [0.2, 0.25) is 0 Å². The second-order valence-electron chi connectivity index (χ2n) is 8.41. The molecule has 33 heavy (non-hydrogen) atoms. The summed E-state index contributed by atoms with van der Waals surface area (Å²) in [4.78, 5) is 13.8. The minimum absolute atomic E-state index is 0.245. The fraction of sp³-hybridized carbons (Fsp3) is 0.417. The van der Waals surface area contributed by atoms with E-state index in [0.717, 1.165) is 17.5 Å². The summed E-state index contributed by atoms with van der Waals surface area (Å²) in [6, 6.07) is 16.6. The minimum Gasteiger partial charge on any atom is -0.367 e. The summed E-state index contributed by atoms with van der Waals surface area (Å²) >= 11 is 0. The van der Waals surface area contributed by atoms with Gasteiger partial charge >= 0.3 is 0 Å². The lowest BCUT2D eigenvalue weighted by Gasteiger charge is -2.31. The summed E-state index contributed by atoms with van der Waals surface area (Å²) in [6.07, 6.45) is 1.11. The van der Waals surface area contributed by atoms with E-state index in [0.29, 0.717) is 44.6 Å². The fourth-order valence-electron chi connectivity index (χ4n) is 4.22. The molecule has 2 heterocycles. The van der Waals surface area contributed by atoms with E-state index in [1.807, 2.05) is 47.4 Å². The number of hydrogen-bond donors (Lipinski definition) is 1. The summed E-state index contributed by atoms with van der Waals surface area (Å²) in [5.74, 6) is -0.547. The molecule has 2 saturated heterocycles. The SMILES string of the molecule is N#C[C@H](Cc1ccc(-c2ccccc2)c(S(=O)(=O)N2CCC2)c1)N1CCCO[C@H](C(N)=O)C1. The number of carbonyl (C=O) groups excluding carboxylic acids is 1. The van der Waals surface area contributed by atoms with Gasteiger partial charge in [-0.05, 0) is 30.0 Å². The van der Waals surface area contributed by atoms with Gasteiger partial charge in [-0.2, -0.15) is 9.57 Å². The molecule has 0 aliphatic carbocycles. The van der Waals surface area contributed by atoms with Crippen LogP contribution in [0.15, 0.2) is 53.4 Å². The van der Waals surface area contributed by atoms with Crippen molar-refractivity contribution in [3.8, 4) is 17.2 Å². The zero-order chi connectivity index (χ0) is 23.4. The van der Waals surface area contributed by atoms with E-state index in [-0.39, 0.29) is 11.4 Å². The molecular weight excluding hydrogens is 440 g/mol. The molecule has 8 nitrogen and oxygen atoms in total. The predicted octanol–water partition coefficient (Wildman–Crippen LogP) is 1.76. The van der Waals surface area contributed by atoms with E-state index in [2.05, 4.69) is 6.07 Å². The Hall–Kier alpha value is -2.77. The Bertz CT molecular complexity index is 1140. The third-order valence-electron chi connectivity index (χ3n) is 6.21. The summed E-state index contributed by atoms with van der Waals surface area (Å²) < 4.78 is 33.7. The number of nitrogens with zero attached hydrogens (tertiary/aromatic N) is 3. The van der Waals surface area contributed by atoms with Crippen molar-refractivity contribution in [2.75, 3.05) is 32.8 Å². The molecule has 2 aromatic carbocycles. The Morgan fingerprint density at radius 3 is 2.55 bits per heavy atom. The van der Waals surface area contributed by atoms with Gasteiger partial charge in [0.05, 0.1) is 11.0 Å². The Labute approximate surface area is 194 Å². The number of hydrogen-bond acceptors (Lipinski definition) is 6. The Kier molecular flexibility index (Phi) is 7.10. The van der Waals surface area contributed by atoms with Gasteiger partial charge in [-0.3, -0.25) is 9.69 Å². The number of nitriles is 1. The van der Waals surface area contributed by atoms with E-state index >= 15 is 0 Å². The summed E-state index contributed by atoms with van der Waals surface area (Å²) in [5.41, 5.74) is 7.66. The van der Waals surface area contributed by atoms with Gasteiger partial charge < -0.3 is 10.5 Å². The van der Waals surface area contributed by atoms with Crippen molar-refractivity contribution >= 4 is 15.9 Å². The first kappa shape index (κ1) is 23.4. The van der Waals surface area contributed by atoms with Gasteiger partial charge in [0, 0.05) is 44.8 Å². The van der Waals surface area contributed by atoms with Crippen molar-refractivity contribution in [2.24, 2.45) is 5.73 Å². The maximum absolute atomic E-state index is 13.4. The number of sulfonamides is 1. The standard InChI is InChI=1S/C24H28N4O4S/c25-16-20(27-10-5-13-32-22(17-27)24(26)29)14-18-8-9-21(19-6-2-1-3-7-19)23(15-18)33(30,31)28-11-4-12-28/h1-3,6-9,15,20,22H,4-5,10-14,17H2,(H2,26,29)/t20-,22-/m0/s1. The third-order valence-corrected chi connectivity index (χ3v) is 8.15. The average molecular weight is 469 g/mol. The zero-order valence-corrected chi connectivity index (χ0v) is 19.2. The molecular formula is C24H28N4O4S. The fourth-order valence-corrected chi connectivity index (χ4v) is 6.00. The average Bonchev–Trinajstić information content (AvgIpc) is 3.03. The highest BCUT2D eigenvalue weighted by atomic mass is 32.2. The molecule has 2 N–H and O–H groups in total. The van der Waals surface area contributed by atoms with Gasteiger partial charge in [0.2, 0.25) is 15.9 Å². The van der Waals surface area contributed by atoms with Crippen molar-refractivity contribution < 1.29 is 17.9 Å². The maximum atomic E-state index is 13.4. The molecule has 9 heteroatoms. The number of nitrogens with two attached hydrogens (primary N) is 1. The highest BCUT2D eigenvalue weighted by Gasteiger charge is 2.32. The van der Waals surface area contributed by atoms with Gasteiger partial charge in [-0.25, -0.2) is 8.42 Å². The number of carbonyl (C=O) groups is 1. The highest BCUT2D eigenvalue weighted by Crippen LogP contribution is 2.32. The van der Waals surface area contributed by atoms with Crippen molar-refractivity contribution in [3.63, 3.8) is 0 Å². The van der Waals surface area contributed by atoms with Crippen LogP contribution < -0.4 is 5.73 Å². The second-order valence-corrected chi connectivity index (χ2v) is 10.3. The quantitative estimate of drug-likeness (QED) is 0.662. The molecule has 0 radical (unpaired) electrons. The first-order valence-corrected chi connectivity index (χ1v) is 12.6. The van der Waals surface area contributed by atoms with Crippen LogP contribution in [-0.2, 0) is 26.0 Å². The number of ether oxygens (including phenoxy) is 1. The van der Waals surface area contributed by atoms with Crippen LogP contribution in [-0.4, -0.2) is 68.5 Å². The largest absolute Gasteiger partial charge is 0.367 e. The van der Waals surface area contributed by atoms with Gasteiger partial charge in [0.15, 0.2) is 0 Å². The van der Waals surface area contributed by atoms with Crippen LogP contribution >= 0.6 is 0 Å². The lowest BCUT2D eigenvalue weighted by Crippen LogP contribution is -2.45. The highest BCUT2D eigenvalue weighted by molar-refractivity contribution is 7.89. The molecule has 0 bridgehead atoms. The third kappa shape index (κ3) is 5.09. The van der Waals surface area contributed by atoms with Crippen LogP contribution in [0, 0.1) is 11.3 Å². The molecule has 1 amide bonds. The number of amides is 1. The van der Waals surface area contributed by atoms with E-state index in [1.54, 1.807) is 6.07 Å². The Morgan fingerprint density at radius 1 is 1.15 bits per heavy atom. The molecule has 0 saturated carbocycles. The molecule has 2 atom stereocenters. The lowest BCUT2D eigenvalue weighted by molar-refractivity contribution is -0.129. The van der Waals surface area contributed by atoms with Crippen LogP contribution in [0.4, 0.5) is 0 Å². The predicted molar refractivity (Wildman–Crippen MR) is 123 cm³/mol. The molecule has 4 rings (SSSR count). The first-order valence-electron chi connectivity index (χ1n) is 11.1. The van der Waals surface area contributed by atoms with Crippen molar-refractivity contribution in [1.82, 2.24) is 9.21 Å². The minimum atomic E-state index is -3.64. The summed E-state index contributed by atoms with van der Waals surface area (Å²) in [6.45, 7) is 2.29. The summed E-state index contributed by atoms with van der Waals surface area (Å²) in [5, 5.41) is 9.88. The molecule has 0 spiro atoms. The van der Waals surface area contributed by atoms with E-state index in [4.69, 9.17) is 10.5 Å². The van der Waals surface area contributed by atoms with Crippen LogP contribution in [0.1, 0.15) is 18.4 Å². The number of rotatable bonds is 7. The zero-order valence-electron chi connectivity index (χ0n) is 18.4. The maximum Gasteiger partial charge on any atom is 0.247 e. The number of benzene rings is 2. The van der Waals surface area contributed by atoms with Crippen LogP contribution in [0.3, 0.4) is 0 Å². The van der Waals surface area contributed by atoms with E-state index in [9.17, 15) is 18.5 Å². The molecule has 174 valence electrons. The van der Waals surface area contributed by atoms with Crippen LogP contribution in [0.25, 0.3) is 11.1 Å². The molecule has 2 fully saturated rings. The first-order chi connectivity index (χ1) is 15.9. The van der Waals surface area contributed by atoms with Gasteiger partial charge in [0.25, 0.3) is 0 Å². The molecule has 2 aromatic rings. The van der Waals surface area contributed by atoms with E-state index < -0.39 is 28.1 Å². The van der Waals surface area contributed by atoms with Gasteiger partial charge in [-0.1, -0.05) is 42.5 Å². The lowest BCUT2D eigenvalue weighted by atomic mass is 10.00. The Morgan fingerprint density at radius 2 is 1.91 bits per heavy atom. The topological polar surface area (TPSA) is 117 Å². The molecule has 0 aromatic heterocycles. The monoisotopic (exact) mass is 468 g/mol. The van der Waals surface area contributed by atoms with Crippen molar-refractivity contribution in [3.05, 3.63) is 54.1 Å². The molecule has 2 aliphatic rings. The summed E-state index contributed by atoms with van der Waals surface area (Å²) in [7, 11) is -3.64. The van der Waals surface area contributed by atoms with Gasteiger partial charge in [-0.15, -0.1) is 0 Å².